The summed E-state index contributed by atoms with van der Waals surface area (Å²) in [6.45, 7) is 5.18. The third kappa shape index (κ3) is 5.46. The first-order valence-corrected chi connectivity index (χ1v) is 9.75. The van der Waals surface area contributed by atoms with Gasteiger partial charge in [-0.25, -0.2) is 9.97 Å². The number of aromatic nitrogens is 2. The number of anilines is 3. The molecule has 164 valence electrons. The Kier molecular flexibility index (Phi) is 5.73. The molecule has 0 atom stereocenters. The Morgan fingerprint density at radius 2 is 1.84 bits per heavy atom. The Labute approximate surface area is 177 Å². The van der Waals surface area contributed by atoms with E-state index in [1.807, 2.05) is 24.9 Å². The van der Waals surface area contributed by atoms with E-state index in [9.17, 15) is 13.2 Å². The number of hydrogen-bond donors (Lipinski definition) is 1. The van der Waals surface area contributed by atoms with E-state index in [4.69, 9.17) is 4.42 Å². The molecule has 0 spiro atoms. The largest absolute Gasteiger partial charge is 0.573 e. The van der Waals surface area contributed by atoms with Crippen molar-refractivity contribution in [2.24, 2.45) is 0 Å². The van der Waals surface area contributed by atoms with Crippen LogP contribution in [0, 0.1) is 6.92 Å². The average Bonchev–Trinajstić information content (AvgIpc) is 3.17. The topological polar surface area (TPSA) is 66.7 Å². The van der Waals surface area contributed by atoms with Crippen LogP contribution in [-0.4, -0.2) is 54.5 Å². The summed E-state index contributed by atoms with van der Waals surface area (Å²) in [5, 5.41) is 3.02. The highest BCUT2D eigenvalue weighted by molar-refractivity contribution is 5.70. The first kappa shape index (κ1) is 21.0. The number of halogens is 3. The summed E-state index contributed by atoms with van der Waals surface area (Å²) >= 11 is 0. The Morgan fingerprint density at radius 3 is 2.55 bits per heavy atom. The van der Waals surface area contributed by atoms with Crippen molar-refractivity contribution in [3.8, 4) is 17.1 Å². The zero-order valence-electron chi connectivity index (χ0n) is 17.1. The molecule has 10 heteroatoms. The van der Waals surface area contributed by atoms with E-state index in [-0.39, 0.29) is 5.75 Å². The maximum atomic E-state index is 12.9. The molecule has 0 radical (unpaired) electrons. The van der Waals surface area contributed by atoms with Gasteiger partial charge in [-0.1, -0.05) is 0 Å². The lowest BCUT2D eigenvalue weighted by molar-refractivity contribution is -0.274. The SMILES string of the molecule is Cc1ccnc(Nc2cc(OC(F)(F)F)cc(-c3cnc(N4CCN(C)CC4)o3)c2)c1. The lowest BCUT2D eigenvalue weighted by atomic mass is 10.1. The molecule has 1 aromatic carbocycles. The van der Waals surface area contributed by atoms with Crippen molar-refractivity contribution in [2.45, 2.75) is 13.3 Å². The summed E-state index contributed by atoms with van der Waals surface area (Å²) in [5.74, 6) is 0.491. The Hall–Kier alpha value is -3.27. The molecule has 1 fully saturated rings. The van der Waals surface area contributed by atoms with E-state index in [0.29, 0.717) is 28.8 Å². The molecule has 3 aromatic rings. The second-order valence-corrected chi connectivity index (χ2v) is 7.43. The molecule has 0 saturated carbocycles. The minimum atomic E-state index is -4.82. The van der Waals surface area contributed by atoms with Gasteiger partial charge in [0, 0.05) is 49.7 Å². The summed E-state index contributed by atoms with van der Waals surface area (Å²) < 4.78 is 48.6. The molecule has 31 heavy (non-hydrogen) atoms. The number of aryl methyl sites for hydroxylation is 1. The lowest BCUT2D eigenvalue weighted by Crippen LogP contribution is -2.44. The van der Waals surface area contributed by atoms with Crippen molar-refractivity contribution in [1.82, 2.24) is 14.9 Å². The van der Waals surface area contributed by atoms with E-state index in [2.05, 4.69) is 24.9 Å². The van der Waals surface area contributed by atoms with Crippen molar-refractivity contribution in [3.05, 3.63) is 48.3 Å². The average molecular weight is 433 g/mol. The number of alkyl halides is 3. The Morgan fingerprint density at radius 1 is 1.06 bits per heavy atom. The second kappa shape index (κ2) is 8.46. The van der Waals surface area contributed by atoms with E-state index in [0.717, 1.165) is 31.7 Å². The minimum absolute atomic E-state index is 0.349. The van der Waals surface area contributed by atoms with Gasteiger partial charge in [0.25, 0.3) is 6.01 Å². The highest BCUT2D eigenvalue weighted by atomic mass is 19.4. The highest BCUT2D eigenvalue weighted by Crippen LogP contribution is 2.34. The monoisotopic (exact) mass is 433 g/mol. The first-order valence-electron chi connectivity index (χ1n) is 9.75. The summed E-state index contributed by atoms with van der Waals surface area (Å²) in [5.41, 5.74) is 1.75. The Bertz CT molecular complexity index is 1050. The van der Waals surface area contributed by atoms with Gasteiger partial charge in [-0.05, 0) is 43.8 Å². The van der Waals surface area contributed by atoms with Crippen LogP contribution in [0.2, 0.25) is 0 Å². The zero-order valence-corrected chi connectivity index (χ0v) is 17.1. The van der Waals surface area contributed by atoms with Crippen LogP contribution in [0.15, 0.2) is 47.1 Å². The predicted octanol–water partition coefficient (Wildman–Crippen LogP) is 4.44. The van der Waals surface area contributed by atoms with E-state index >= 15 is 0 Å². The second-order valence-electron chi connectivity index (χ2n) is 7.43. The quantitative estimate of drug-likeness (QED) is 0.638. The maximum absolute atomic E-state index is 12.9. The molecule has 3 heterocycles. The lowest BCUT2D eigenvalue weighted by Gasteiger charge is -2.31. The standard InChI is InChI=1S/C21H22F3N5O2/c1-14-3-4-25-19(9-14)27-16-10-15(11-17(12-16)31-21(22,23)24)18-13-26-20(30-18)29-7-5-28(2)6-8-29/h3-4,9-13H,5-8H2,1-2H3,(H,25,27). The van der Waals surface area contributed by atoms with Gasteiger partial charge in [0.15, 0.2) is 5.76 Å². The molecule has 4 rings (SSSR count). The van der Waals surface area contributed by atoms with Crippen LogP contribution in [0.25, 0.3) is 11.3 Å². The summed E-state index contributed by atoms with van der Waals surface area (Å²) in [7, 11) is 2.04. The Balaban J connectivity index is 1.64. The minimum Gasteiger partial charge on any atom is -0.423 e. The summed E-state index contributed by atoms with van der Waals surface area (Å²) in [6, 6.07) is 8.27. The van der Waals surface area contributed by atoms with Crippen LogP contribution >= 0.6 is 0 Å². The van der Waals surface area contributed by atoms with Crippen LogP contribution < -0.4 is 15.0 Å². The molecule has 1 N–H and O–H groups in total. The third-order valence-electron chi connectivity index (χ3n) is 4.88. The number of ether oxygens (including phenoxy) is 1. The molecule has 0 aliphatic carbocycles. The van der Waals surface area contributed by atoms with Gasteiger partial charge in [0.05, 0.1) is 6.20 Å². The number of rotatable bonds is 5. The number of pyridine rings is 1. The smallest absolute Gasteiger partial charge is 0.423 e. The third-order valence-corrected chi connectivity index (χ3v) is 4.88. The molecular weight excluding hydrogens is 411 g/mol. The van der Waals surface area contributed by atoms with Gasteiger partial charge in [0.1, 0.15) is 11.6 Å². The van der Waals surface area contributed by atoms with Gasteiger partial charge in [-0.2, -0.15) is 0 Å². The van der Waals surface area contributed by atoms with Crippen LogP contribution in [0.3, 0.4) is 0 Å². The van der Waals surface area contributed by atoms with Crippen LogP contribution in [0.1, 0.15) is 5.56 Å². The molecule has 7 nitrogen and oxygen atoms in total. The molecule has 1 saturated heterocycles. The summed E-state index contributed by atoms with van der Waals surface area (Å²) in [6.07, 6.45) is -1.69. The summed E-state index contributed by atoms with van der Waals surface area (Å²) in [4.78, 5) is 12.7. The number of likely N-dealkylation sites (N-methyl/N-ethyl adjacent to an activating group) is 1. The number of hydrogen-bond acceptors (Lipinski definition) is 7. The van der Waals surface area contributed by atoms with Crippen LogP contribution in [0.4, 0.5) is 30.7 Å². The van der Waals surface area contributed by atoms with Gasteiger partial charge in [-0.3, -0.25) is 0 Å². The molecule has 0 amide bonds. The predicted molar refractivity (Wildman–Crippen MR) is 111 cm³/mol. The highest BCUT2D eigenvalue weighted by Gasteiger charge is 2.31. The molecule has 0 unspecified atom stereocenters. The molecule has 2 aromatic heterocycles. The van der Waals surface area contributed by atoms with Gasteiger partial charge in [0.2, 0.25) is 0 Å². The fraction of sp³-hybridized carbons (Fsp3) is 0.333. The van der Waals surface area contributed by atoms with Crippen molar-refractivity contribution >= 4 is 17.5 Å². The molecule has 1 aliphatic rings. The number of piperazine rings is 1. The number of oxazole rings is 1. The molecule has 0 bridgehead atoms. The van der Waals surface area contributed by atoms with Gasteiger partial charge >= 0.3 is 6.36 Å². The van der Waals surface area contributed by atoms with Crippen molar-refractivity contribution in [3.63, 3.8) is 0 Å². The number of benzene rings is 1. The van der Waals surface area contributed by atoms with Gasteiger partial charge < -0.3 is 24.3 Å². The fourth-order valence-corrected chi connectivity index (χ4v) is 3.30. The fourth-order valence-electron chi connectivity index (χ4n) is 3.30. The molecular formula is C21H22F3N5O2. The van der Waals surface area contributed by atoms with Crippen LogP contribution in [-0.2, 0) is 0 Å². The molecule has 1 aliphatic heterocycles. The maximum Gasteiger partial charge on any atom is 0.573 e. The number of nitrogens with zero attached hydrogens (tertiary/aromatic N) is 4. The van der Waals surface area contributed by atoms with E-state index < -0.39 is 6.36 Å². The first-order chi connectivity index (χ1) is 14.7. The van der Waals surface area contributed by atoms with Crippen molar-refractivity contribution < 1.29 is 22.3 Å². The van der Waals surface area contributed by atoms with E-state index in [1.54, 1.807) is 18.3 Å². The van der Waals surface area contributed by atoms with E-state index in [1.165, 1.54) is 18.3 Å². The normalized spacial score (nSPS) is 15.2. The van der Waals surface area contributed by atoms with Crippen molar-refractivity contribution in [1.29, 1.82) is 0 Å². The van der Waals surface area contributed by atoms with Gasteiger partial charge in [-0.15, -0.1) is 13.2 Å². The number of nitrogens with one attached hydrogen (secondary N) is 1. The van der Waals surface area contributed by atoms with Crippen LogP contribution in [0.5, 0.6) is 5.75 Å². The van der Waals surface area contributed by atoms with Crippen molar-refractivity contribution in [2.75, 3.05) is 43.4 Å². The zero-order chi connectivity index (χ0) is 22.0.